The average Bonchev–Trinajstić information content (AvgIpc) is 3.02. The van der Waals surface area contributed by atoms with Crippen molar-refractivity contribution in [3.05, 3.63) is 60.1 Å². The zero-order chi connectivity index (χ0) is 21.3. The van der Waals surface area contributed by atoms with E-state index in [1.54, 1.807) is 6.08 Å². The number of aliphatic imine (C=N–C) groups is 1. The van der Waals surface area contributed by atoms with Crippen LogP contribution in [0.25, 0.3) is 6.08 Å². The number of phenolic OH excluding ortho intramolecular Hbond substituents is 1. The van der Waals surface area contributed by atoms with Crippen molar-refractivity contribution in [1.29, 1.82) is 0 Å². The van der Waals surface area contributed by atoms with Gasteiger partial charge in [0.2, 0.25) is 0 Å². The number of carbonyl (C=O) groups excluding carboxylic acids is 1. The Morgan fingerprint density at radius 2 is 1.90 bits per heavy atom. The Bertz CT molecular complexity index is 1020. The Hall–Kier alpha value is -1.07. The van der Waals surface area contributed by atoms with Crippen molar-refractivity contribution in [3.63, 3.8) is 0 Å². The first kappa shape index (κ1) is 22.1. The summed E-state index contributed by atoms with van der Waals surface area (Å²) in [7, 11) is 0. The Balaban J connectivity index is 1.76. The summed E-state index contributed by atoms with van der Waals surface area (Å²) < 4.78 is 1.80. The van der Waals surface area contributed by atoms with Crippen molar-refractivity contribution in [2.24, 2.45) is 10.9 Å². The maximum atomic E-state index is 13.5. The number of halogens is 2. The summed E-state index contributed by atoms with van der Waals surface area (Å²) in [6, 6.07) is 13.8. The summed E-state index contributed by atoms with van der Waals surface area (Å²) in [6.07, 6.45) is 6.29. The molecule has 2 atom stereocenters. The third-order valence-corrected chi connectivity index (χ3v) is 7.99. The SMILES string of the molecule is C[C@H]1CCCC[C@@H]1N1C(=O)/C(=C/c2cc(I)cc(I)c2O)SC1=Nc1ccccc1. The molecular weight excluding hydrogens is 622 g/mol. The third kappa shape index (κ3) is 4.72. The summed E-state index contributed by atoms with van der Waals surface area (Å²) in [4.78, 5) is 20.8. The van der Waals surface area contributed by atoms with Gasteiger partial charge in [-0.1, -0.05) is 38.0 Å². The molecule has 7 heteroatoms. The van der Waals surface area contributed by atoms with Crippen LogP contribution in [0.2, 0.25) is 0 Å². The van der Waals surface area contributed by atoms with Crippen LogP contribution >= 0.6 is 56.9 Å². The average molecular weight is 644 g/mol. The predicted molar refractivity (Wildman–Crippen MR) is 141 cm³/mol. The topological polar surface area (TPSA) is 52.9 Å². The molecule has 2 aromatic carbocycles. The lowest BCUT2D eigenvalue weighted by molar-refractivity contribution is -0.124. The maximum Gasteiger partial charge on any atom is 0.267 e. The molecule has 1 heterocycles. The second kappa shape index (κ2) is 9.60. The number of benzene rings is 2. The molecule has 1 aliphatic heterocycles. The van der Waals surface area contributed by atoms with Gasteiger partial charge >= 0.3 is 0 Å². The van der Waals surface area contributed by atoms with Crippen molar-refractivity contribution >= 4 is 79.8 Å². The molecular formula is C23H22I2N2O2S. The number of amides is 1. The first-order valence-electron chi connectivity index (χ1n) is 9.99. The van der Waals surface area contributed by atoms with Crippen molar-refractivity contribution in [1.82, 2.24) is 4.90 Å². The molecule has 1 aliphatic carbocycles. The minimum Gasteiger partial charge on any atom is -0.506 e. The zero-order valence-corrected chi connectivity index (χ0v) is 21.6. The first-order valence-corrected chi connectivity index (χ1v) is 13.0. The summed E-state index contributed by atoms with van der Waals surface area (Å²) >= 11 is 5.75. The van der Waals surface area contributed by atoms with Gasteiger partial charge in [0.25, 0.3) is 5.91 Å². The monoisotopic (exact) mass is 644 g/mol. The van der Waals surface area contributed by atoms with Crippen molar-refractivity contribution < 1.29 is 9.90 Å². The molecule has 4 rings (SSSR count). The molecule has 0 spiro atoms. The minimum atomic E-state index is -0.0123. The van der Waals surface area contributed by atoms with E-state index in [9.17, 15) is 9.90 Å². The number of thioether (sulfide) groups is 1. The van der Waals surface area contributed by atoms with E-state index in [1.807, 2.05) is 47.4 Å². The fraction of sp³-hybridized carbons (Fsp3) is 0.304. The Morgan fingerprint density at radius 1 is 1.17 bits per heavy atom. The molecule has 1 amide bonds. The van der Waals surface area contributed by atoms with Crippen LogP contribution in [0.15, 0.2) is 52.4 Å². The van der Waals surface area contributed by atoms with Gasteiger partial charge in [0, 0.05) is 15.2 Å². The number of hydrogen-bond acceptors (Lipinski definition) is 4. The molecule has 30 heavy (non-hydrogen) atoms. The molecule has 0 aromatic heterocycles. The predicted octanol–water partition coefficient (Wildman–Crippen LogP) is 6.78. The number of phenols is 1. The van der Waals surface area contributed by atoms with E-state index in [4.69, 9.17) is 4.99 Å². The number of carbonyl (C=O) groups is 1. The van der Waals surface area contributed by atoms with Gasteiger partial charge in [-0.3, -0.25) is 9.69 Å². The Morgan fingerprint density at radius 3 is 2.63 bits per heavy atom. The highest BCUT2D eigenvalue weighted by Crippen LogP contribution is 2.41. The van der Waals surface area contributed by atoms with Crippen LogP contribution in [-0.4, -0.2) is 27.1 Å². The molecule has 156 valence electrons. The summed E-state index contributed by atoms with van der Waals surface area (Å²) in [5.74, 6) is 0.639. The molecule has 4 nitrogen and oxygen atoms in total. The second-order valence-corrected chi connectivity index (χ2v) is 11.1. The largest absolute Gasteiger partial charge is 0.506 e. The van der Waals surface area contributed by atoms with E-state index >= 15 is 0 Å². The summed E-state index contributed by atoms with van der Waals surface area (Å²) in [5.41, 5.74) is 1.51. The van der Waals surface area contributed by atoms with Gasteiger partial charge in [-0.25, -0.2) is 4.99 Å². The van der Waals surface area contributed by atoms with Crippen LogP contribution in [-0.2, 0) is 4.79 Å². The van der Waals surface area contributed by atoms with Gasteiger partial charge in [0.15, 0.2) is 5.17 Å². The van der Waals surface area contributed by atoms with Gasteiger partial charge in [0.1, 0.15) is 5.75 Å². The van der Waals surface area contributed by atoms with Gasteiger partial charge in [-0.15, -0.1) is 0 Å². The highest BCUT2D eigenvalue weighted by molar-refractivity contribution is 14.1. The Kier molecular flexibility index (Phi) is 7.08. The quantitative estimate of drug-likeness (QED) is 0.296. The van der Waals surface area contributed by atoms with Gasteiger partial charge < -0.3 is 5.11 Å². The smallest absolute Gasteiger partial charge is 0.267 e. The van der Waals surface area contributed by atoms with E-state index in [0.717, 1.165) is 37.3 Å². The number of para-hydroxylation sites is 1. The third-order valence-electron chi connectivity index (χ3n) is 5.56. The Labute approximate surface area is 208 Å². The van der Waals surface area contributed by atoms with Crippen LogP contribution in [0.1, 0.15) is 38.2 Å². The lowest BCUT2D eigenvalue weighted by atomic mass is 9.85. The molecule has 2 fully saturated rings. The van der Waals surface area contributed by atoms with Crippen LogP contribution in [0.3, 0.4) is 0 Å². The van der Waals surface area contributed by atoms with Crippen LogP contribution in [0.4, 0.5) is 5.69 Å². The molecule has 1 saturated heterocycles. The molecule has 0 radical (unpaired) electrons. The zero-order valence-electron chi connectivity index (χ0n) is 16.5. The van der Waals surface area contributed by atoms with E-state index in [2.05, 4.69) is 52.1 Å². The number of aromatic hydroxyl groups is 1. The lowest BCUT2D eigenvalue weighted by Gasteiger charge is -2.35. The van der Waals surface area contributed by atoms with Crippen LogP contribution < -0.4 is 0 Å². The minimum absolute atomic E-state index is 0.0123. The molecule has 0 bridgehead atoms. The fourth-order valence-corrected chi connectivity index (χ4v) is 6.91. The molecule has 1 N–H and O–H groups in total. The number of hydrogen-bond donors (Lipinski definition) is 1. The van der Waals surface area contributed by atoms with E-state index < -0.39 is 0 Å². The highest BCUT2D eigenvalue weighted by Gasteiger charge is 2.41. The number of nitrogens with zero attached hydrogens (tertiary/aromatic N) is 2. The normalized spacial score (nSPS) is 24.8. The molecule has 1 saturated carbocycles. The van der Waals surface area contributed by atoms with Gasteiger partial charge in [-0.05, 0) is 106 Å². The number of amidine groups is 1. The fourth-order valence-electron chi connectivity index (χ4n) is 3.99. The van der Waals surface area contributed by atoms with Crippen molar-refractivity contribution in [3.8, 4) is 5.75 Å². The summed E-state index contributed by atoms with van der Waals surface area (Å²) in [6.45, 7) is 2.23. The maximum absolute atomic E-state index is 13.5. The van der Waals surface area contributed by atoms with Crippen molar-refractivity contribution in [2.75, 3.05) is 0 Å². The van der Waals surface area contributed by atoms with Crippen LogP contribution in [0.5, 0.6) is 5.75 Å². The lowest BCUT2D eigenvalue weighted by Crippen LogP contribution is -2.44. The second-order valence-electron chi connectivity index (χ2n) is 7.67. The molecule has 2 aromatic rings. The van der Waals surface area contributed by atoms with E-state index in [0.29, 0.717) is 16.4 Å². The standard InChI is InChI=1S/C23H22I2N2O2S/c1-14-7-5-6-10-19(14)27-22(29)20(12-15-11-16(24)13-18(25)21(15)28)30-23(27)26-17-8-3-2-4-9-17/h2-4,8-9,11-14,19,28H,5-7,10H2,1H3/b20-12-,26-23?/t14-,19-/m0/s1. The van der Waals surface area contributed by atoms with Crippen molar-refractivity contribution in [2.45, 2.75) is 38.6 Å². The van der Waals surface area contributed by atoms with E-state index in [1.165, 1.54) is 18.2 Å². The molecule has 2 aliphatic rings. The molecule has 0 unspecified atom stereocenters. The van der Waals surface area contributed by atoms with Crippen LogP contribution in [0, 0.1) is 13.1 Å². The van der Waals surface area contributed by atoms with Gasteiger partial charge in [-0.2, -0.15) is 0 Å². The van der Waals surface area contributed by atoms with Gasteiger partial charge in [0.05, 0.1) is 14.2 Å². The van der Waals surface area contributed by atoms with E-state index in [-0.39, 0.29) is 17.7 Å². The number of rotatable bonds is 3. The first-order chi connectivity index (χ1) is 14.4. The highest BCUT2D eigenvalue weighted by atomic mass is 127. The summed E-state index contributed by atoms with van der Waals surface area (Å²) in [5, 5.41) is 11.2.